The topological polar surface area (TPSA) is 25.8 Å². The molecule has 1 aromatic rings. The summed E-state index contributed by atoms with van der Waals surface area (Å²) >= 11 is 3.75. The summed E-state index contributed by atoms with van der Waals surface area (Å²) < 4.78 is 5.13. The molecule has 72 valence electrons. The molecule has 1 aliphatic carbocycles. The number of nitrogens with zero attached hydrogens (tertiary/aromatic N) is 2. The minimum Gasteiger partial charge on any atom is -0.214 e. The number of halogens is 1. The molecule has 2 nitrogen and oxygen atoms in total. The largest absolute Gasteiger partial charge is 0.214 e. The Bertz CT molecular complexity index is 304. The maximum Gasteiger partial charge on any atom is 0.203 e. The molecule has 1 aromatic heterocycles. The molecular formula is C9H13IN2S. The summed E-state index contributed by atoms with van der Waals surface area (Å²) in [7, 11) is 0. The fourth-order valence-corrected chi connectivity index (χ4v) is 3.20. The van der Waals surface area contributed by atoms with Gasteiger partial charge in [0.05, 0.1) is 0 Å². The summed E-state index contributed by atoms with van der Waals surface area (Å²) in [4.78, 5) is 4.48. The maximum atomic E-state index is 4.48. The predicted octanol–water partition coefficient (Wildman–Crippen LogP) is 3.22. The van der Waals surface area contributed by atoms with Crippen LogP contribution in [0, 0.1) is 9.75 Å². The highest BCUT2D eigenvalue weighted by molar-refractivity contribution is 14.1. The van der Waals surface area contributed by atoms with E-state index in [0.717, 1.165) is 9.75 Å². The van der Waals surface area contributed by atoms with Gasteiger partial charge in [-0.25, -0.2) is 4.98 Å². The normalized spacial score (nSPS) is 18.7. The molecule has 1 aliphatic rings. The van der Waals surface area contributed by atoms with E-state index in [9.17, 15) is 0 Å². The molecule has 1 heterocycles. The number of rotatable bonds is 2. The Morgan fingerprint density at radius 2 is 2.15 bits per heavy atom. The van der Waals surface area contributed by atoms with Gasteiger partial charge in [0.1, 0.15) is 5.01 Å². The molecule has 4 heteroatoms. The van der Waals surface area contributed by atoms with Crippen LogP contribution in [0.5, 0.6) is 0 Å². The first-order valence-corrected chi connectivity index (χ1v) is 6.45. The zero-order valence-electron chi connectivity index (χ0n) is 7.88. The first-order chi connectivity index (χ1) is 6.10. The van der Waals surface area contributed by atoms with E-state index in [4.69, 9.17) is 0 Å². The van der Waals surface area contributed by atoms with Crippen LogP contribution in [0.2, 0.25) is 0 Å². The highest BCUT2D eigenvalue weighted by Crippen LogP contribution is 2.44. The van der Waals surface area contributed by atoms with Gasteiger partial charge in [-0.05, 0) is 30.3 Å². The average molecular weight is 308 g/mol. The zero-order valence-corrected chi connectivity index (χ0v) is 10.9. The SMILES string of the molecule is CC(C)(c1nc(I)ns1)C1CCC1. The van der Waals surface area contributed by atoms with E-state index >= 15 is 0 Å². The van der Waals surface area contributed by atoms with Crippen molar-refractivity contribution in [1.82, 2.24) is 9.36 Å². The Labute approximate surface area is 96.5 Å². The van der Waals surface area contributed by atoms with Gasteiger partial charge < -0.3 is 0 Å². The van der Waals surface area contributed by atoms with Crippen molar-refractivity contribution in [2.45, 2.75) is 38.5 Å². The monoisotopic (exact) mass is 308 g/mol. The number of aromatic nitrogens is 2. The van der Waals surface area contributed by atoms with E-state index in [1.807, 2.05) is 0 Å². The van der Waals surface area contributed by atoms with Crippen LogP contribution in [0.3, 0.4) is 0 Å². The van der Waals surface area contributed by atoms with Crippen LogP contribution in [0.25, 0.3) is 0 Å². The van der Waals surface area contributed by atoms with Gasteiger partial charge in [-0.1, -0.05) is 20.3 Å². The summed E-state index contributed by atoms with van der Waals surface area (Å²) in [6.45, 7) is 4.60. The van der Waals surface area contributed by atoms with Crippen molar-refractivity contribution >= 4 is 34.1 Å². The van der Waals surface area contributed by atoms with Crippen molar-refractivity contribution < 1.29 is 0 Å². The Hall–Kier alpha value is 0.290. The van der Waals surface area contributed by atoms with Crippen LogP contribution in [0.1, 0.15) is 38.1 Å². The van der Waals surface area contributed by atoms with Crippen molar-refractivity contribution in [3.63, 3.8) is 0 Å². The van der Waals surface area contributed by atoms with E-state index in [0.29, 0.717) is 0 Å². The molecule has 0 aromatic carbocycles. The standard InChI is InChI=1S/C9H13IN2S/c1-9(2,6-4-3-5-6)7-11-8(10)12-13-7/h6H,3-5H2,1-2H3. The molecule has 0 N–H and O–H groups in total. The molecule has 0 saturated heterocycles. The van der Waals surface area contributed by atoms with Crippen molar-refractivity contribution in [3.05, 3.63) is 8.84 Å². The third kappa shape index (κ3) is 1.75. The maximum absolute atomic E-state index is 4.48. The second-order valence-corrected chi connectivity index (χ2v) is 5.93. The summed E-state index contributed by atoms with van der Waals surface area (Å²) in [5, 5.41) is 1.21. The van der Waals surface area contributed by atoms with E-state index in [2.05, 4.69) is 45.8 Å². The fourth-order valence-electron chi connectivity index (χ4n) is 1.77. The third-order valence-electron chi connectivity index (χ3n) is 3.08. The molecule has 0 aliphatic heterocycles. The minimum atomic E-state index is 0.249. The summed E-state index contributed by atoms with van der Waals surface area (Å²) in [6, 6.07) is 0. The van der Waals surface area contributed by atoms with Gasteiger partial charge in [-0.15, -0.1) is 0 Å². The van der Waals surface area contributed by atoms with Crippen molar-refractivity contribution in [3.8, 4) is 0 Å². The molecule has 1 saturated carbocycles. The number of hydrogen-bond donors (Lipinski definition) is 0. The quantitative estimate of drug-likeness (QED) is 0.784. The molecular weight excluding hydrogens is 295 g/mol. The third-order valence-corrected chi connectivity index (χ3v) is 4.94. The van der Waals surface area contributed by atoms with Crippen LogP contribution in [-0.4, -0.2) is 9.36 Å². The van der Waals surface area contributed by atoms with Crippen LogP contribution in [-0.2, 0) is 5.41 Å². The smallest absolute Gasteiger partial charge is 0.203 e. The highest BCUT2D eigenvalue weighted by Gasteiger charge is 2.37. The van der Waals surface area contributed by atoms with Gasteiger partial charge in [0.15, 0.2) is 0 Å². The lowest BCUT2D eigenvalue weighted by Gasteiger charge is -2.38. The molecule has 13 heavy (non-hydrogen) atoms. The zero-order chi connectivity index (χ0) is 9.47. The van der Waals surface area contributed by atoms with E-state index in [-0.39, 0.29) is 5.41 Å². The Balaban J connectivity index is 2.22. The molecule has 0 spiro atoms. The van der Waals surface area contributed by atoms with Crippen molar-refractivity contribution in [1.29, 1.82) is 0 Å². The minimum absolute atomic E-state index is 0.249. The van der Waals surface area contributed by atoms with Crippen molar-refractivity contribution in [2.75, 3.05) is 0 Å². The molecule has 0 radical (unpaired) electrons. The van der Waals surface area contributed by atoms with E-state index in [1.165, 1.54) is 24.3 Å². The van der Waals surface area contributed by atoms with Gasteiger partial charge in [-0.3, -0.25) is 0 Å². The Kier molecular flexibility index (Phi) is 2.61. The highest BCUT2D eigenvalue weighted by atomic mass is 127. The van der Waals surface area contributed by atoms with Gasteiger partial charge in [0, 0.05) is 28.0 Å². The molecule has 0 atom stereocenters. The first kappa shape index (κ1) is 9.83. The van der Waals surface area contributed by atoms with Gasteiger partial charge >= 0.3 is 0 Å². The molecule has 0 amide bonds. The molecule has 2 rings (SSSR count). The molecule has 0 bridgehead atoms. The molecule has 0 unspecified atom stereocenters. The average Bonchev–Trinajstić information content (AvgIpc) is 2.30. The van der Waals surface area contributed by atoms with Crippen LogP contribution in [0.15, 0.2) is 0 Å². The summed E-state index contributed by atoms with van der Waals surface area (Å²) in [5.41, 5.74) is 0.249. The van der Waals surface area contributed by atoms with Gasteiger partial charge in [0.25, 0.3) is 0 Å². The fraction of sp³-hybridized carbons (Fsp3) is 0.778. The summed E-state index contributed by atoms with van der Waals surface area (Å²) in [5.74, 6) is 0.830. The predicted molar refractivity (Wildman–Crippen MR) is 63.0 cm³/mol. The van der Waals surface area contributed by atoms with Crippen LogP contribution < -0.4 is 0 Å². The second-order valence-electron chi connectivity index (χ2n) is 4.22. The second kappa shape index (κ2) is 3.46. The van der Waals surface area contributed by atoms with E-state index in [1.54, 1.807) is 11.5 Å². The Morgan fingerprint density at radius 1 is 1.46 bits per heavy atom. The lowest BCUT2D eigenvalue weighted by atomic mass is 9.68. The lowest BCUT2D eigenvalue weighted by molar-refractivity contribution is 0.193. The van der Waals surface area contributed by atoms with E-state index < -0.39 is 0 Å². The van der Waals surface area contributed by atoms with Crippen LogP contribution >= 0.6 is 34.1 Å². The molecule has 1 fully saturated rings. The Morgan fingerprint density at radius 3 is 2.54 bits per heavy atom. The summed E-state index contributed by atoms with van der Waals surface area (Å²) in [6.07, 6.45) is 4.12. The van der Waals surface area contributed by atoms with Gasteiger partial charge in [0.2, 0.25) is 3.83 Å². The number of hydrogen-bond acceptors (Lipinski definition) is 3. The van der Waals surface area contributed by atoms with Crippen LogP contribution in [0.4, 0.5) is 0 Å². The first-order valence-electron chi connectivity index (χ1n) is 4.60. The van der Waals surface area contributed by atoms with Crippen molar-refractivity contribution in [2.24, 2.45) is 5.92 Å². The van der Waals surface area contributed by atoms with Gasteiger partial charge in [-0.2, -0.15) is 4.37 Å². The lowest BCUT2D eigenvalue weighted by Crippen LogP contribution is -2.33.